The first-order valence-corrected chi connectivity index (χ1v) is 4.48. The first-order valence-electron chi connectivity index (χ1n) is 4.48. The molecule has 0 saturated carbocycles. The summed E-state index contributed by atoms with van der Waals surface area (Å²) in [4.78, 5) is 14.3. The Morgan fingerprint density at radius 1 is 1.50 bits per heavy atom. The van der Waals surface area contributed by atoms with Crippen molar-refractivity contribution in [3.05, 3.63) is 35.9 Å². The molecule has 14 heavy (non-hydrogen) atoms. The molecule has 3 heteroatoms. The zero-order valence-corrected chi connectivity index (χ0v) is 8.05. The van der Waals surface area contributed by atoms with E-state index in [4.69, 9.17) is 5.11 Å². The van der Waals surface area contributed by atoms with Crippen molar-refractivity contribution in [2.45, 2.75) is 19.4 Å². The number of carboxylic acids is 1. The highest BCUT2D eigenvalue weighted by molar-refractivity contribution is 5.75. The molecule has 3 nitrogen and oxygen atoms in total. The lowest BCUT2D eigenvalue weighted by atomic mass is 10.2. The number of carboxylic acid groups (broad SMARTS) is 1. The summed E-state index contributed by atoms with van der Waals surface area (Å²) in [6.45, 7) is 1.56. The Kier molecular flexibility index (Phi) is 3.85. The van der Waals surface area contributed by atoms with Crippen LogP contribution in [0.25, 0.3) is 0 Å². The molecule has 0 fully saturated rings. The molecule has 0 heterocycles. The van der Waals surface area contributed by atoms with Crippen LogP contribution in [0.15, 0.2) is 35.3 Å². The fraction of sp³-hybridized carbons (Fsp3) is 0.273. The van der Waals surface area contributed by atoms with E-state index >= 15 is 0 Å². The van der Waals surface area contributed by atoms with Gasteiger partial charge in [-0.1, -0.05) is 30.3 Å². The van der Waals surface area contributed by atoms with E-state index in [1.54, 1.807) is 13.1 Å². The molecule has 1 atom stereocenters. The predicted molar refractivity (Wildman–Crippen MR) is 55.7 cm³/mol. The fourth-order valence-corrected chi connectivity index (χ4v) is 0.994. The molecule has 1 N–H and O–H groups in total. The average Bonchev–Trinajstić information content (AvgIpc) is 2.19. The molecule has 0 aliphatic rings. The van der Waals surface area contributed by atoms with Gasteiger partial charge in [0.2, 0.25) is 0 Å². The molecule has 0 bridgehead atoms. The zero-order valence-electron chi connectivity index (χ0n) is 8.05. The van der Waals surface area contributed by atoms with Crippen LogP contribution < -0.4 is 0 Å². The second-order valence-electron chi connectivity index (χ2n) is 3.04. The van der Waals surface area contributed by atoms with Crippen molar-refractivity contribution in [1.29, 1.82) is 0 Å². The maximum absolute atomic E-state index is 10.4. The van der Waals surface area contributed by atoms with Gasteiger partial charge in [0, 0.05) is 12.6 Å². The second kappa shape index (κ2) is 5.17. The van der Waals surface area contributed by atoms with E-state index < -0.39 is 12.0 Å². The molecule has 1 aromatic carbocycles. The molecule has 0 spiro atoms. The lowest BCUT2D eigenvalue weighted by molar-refractivity contribution is -0.137. The van der Waals surface area contributed by atoms with Gasteiger partial charge in [0.05, 0.1) is 0 Å². The van der Waals surface area contributed by atoms with Crippen LogP contribution in [0.3, 0.4) is 0 Å². The first kappa shape index (κ1) is 10.4. The summed E-state index contributed by atoms with van der Waals surface area (Å²) in [5, 5.41) is 8.57. The lowest BCUT2D eigenvalue weighted by Gasteiger charge is -1.98. The van der Waals surface area contributed by atoms with Crippen LogP contribution in [0.4, 0.5) is 0 Å². The summed E-state index contributed by atoms with van der Waals surface area (Å²) in [7, 11) is 0. The Balaban J connectivity index is 2.45. The largest absolute Gasteiger partial charge is 0.480 e. The van der Waals surface area contributed by atoms with Gasteiger partial charge in [-0.25, -0.2) is 4.79 Å². The van der Waals surface area contributed by atoms with Crippen molar-refractivity contribution in [2.75, 3.05) is 0 Å². The molecule has 0 aliphatic carbocycles. The van der Waals surface area contributed by atoms with E-state index in [0.29, 0.717) is 6.42 Å². The summed E-state index contributed by atoms with van der Waals surface area (Å²) in [5.74, 6) is -0.894. The van der Waals surface area contributed by atoms with Gasteiger partial charge < -0.3 is 5.11 Å². The van der Waals surface area contributed by atoms with E-state index in [2.05, 4.69) is 4.99 Å². The highest BCUT2D eigenvalue weighted by atomic mass is 16.4. The van der Waals surface area contributed by atoms with Crippen molar-refractivity contribution in [2.24, 2.45) is 4.99 Å². The molecular formula is C11H13NO2. The molecule has 1 aromatic rings. The number of nitrogens with zero attached hydrogens (tertiary/aromatic N) is 1. The van der Waals surface area contributed by atoms with Crippen molar-refractivity contribution in [3.8, 4) is 0 Å². The van der Waals surface area contributed by atoms with Gasteiger partial charge in [0.15, 0.2) is 0 Å². The first-order chi connectivity index (χ1) is 6.70. The van der Waals surface area contributed by atoms with Gasteiger partial charge in [-0.2, -0.15) is 0 Å². The van der Waals surface area contributed by atoms with Crippen LogP contribution >= 0.6 is 0 Å². The standard InChI is InChI=1S/C11H13NO2/c1-9(11(13)14)12-8-7-10-5-3-2-4-6-10/h2-6,8-9H,7H2,1H3,(H,13,14). The van der Waals surface area contributed by atoms with Gasteiger partial charge in [0.25, 0.3) is 0 Å². The van der Waals surface area contributed by atoms with Crippen molar-refractivity contribution < 1.29 is 9.90 Å². The smallest absolute Gasteiger partial charge is 0.328 e. The summed E-state index contributed by atoms with van der Waals surface area (Å²) < 4.78 is 0. The minimum absolute atomic E-state index is 0.654. The van der Waals surface area contributed by atoms with Crippen LogP contribution in [0.5, 0.6) is 0 Å². The van der Waals surface area contributed by atoms with Crippen molar-refractivity contribution >= 4 is 12.2 Å². The fourth-order valence-electron chi connectivity index (χ4n) is 0.994. The van der Waals surface area contributed by atoms with Gasteiger partial charge in [-0.3, -0.25) is 4.99 Å². The van der Waals surface area contributed by atoms with Gasteiger partial charge >= 0.3 is 5.97 Å². The van der Waals surface area contributed by atoms with Crippen LogP contribution in [-0.2, 0) is 11.2 Å². The normalized spacial score (nSPS) is 12.9. The Hall–Kier alpha value is -1.64. The number of hydrogen-bond donors (Lipinski definition) is 1. The van der Waals surface area contributed by atoms with Crippen LogP contribution in [0, 0.1) is 0 Å². The average molecular weight is 191 g/mol. The quantitative estimate of drug-likeness (QED) is 0.737. The monoisotopic (exact) mass is 191 g/mol. The number of hydrogen-bond acceptors (Lipinski definition) is 2. The highest BCUT2D eigenvalue weighted by Gasteiger charge is 2.05. The third kappa shape index (κ3) is 3.39. The number of aliphatic imine (C=N–C) groups is 1. The number of aliphatic carboxylic acids is 1. The van der Waals surface area contributed by atoms with Crippen LogP contribution in [0.1, 0.15) is 12.5 Å². The lowest BCUT2D eigenvalue weighted by Crippen LogP contribution is -2.13. The number of carbonyl (C=O) groups is 1. The predicted octanol–water partition coefficient (Wildman–Crippen LogP) is 1.77. The molecule has 0 aromatic heterocycles. The van der Waals surface area contributed by atoms with E-state index in [1.165, 1.54) is 0 Å². The SMILES string of the molecule is CC(N=CCc1ccccc1)C(=O)O. The minimum atomic E-state index is -0.894. The third-order valence-electron chi connectivity index (χ3n) is 1.86. The van der Waals surface area contributed by atoms with E-state index in [9.17, 15) is 4.79 Å². The maximum atomic E-state index is 10.4. The molecule has 74 valence electrons. The summed E-state index contributed by atoms with van der Waals surface area (Å²) in [5.41, 5.74) is 1.13. The summed E-state index contributed by atoms with van der Waals surface area (Å²) in [6, 6.07) is 9.15. The van der Waals surface area contributed by atoms with E-state index in [-0.39, 0.29) is 0 Å². The topological polar surface area (TPSA) is 49.7 Å². The second-order valence-corrected chi connectivity index (χ2v) is 3.04. The summed E-state index contributed by atoms with van der Waals surface area (Å²) >= 11 is 0. The molecular weight excluding hydrogens is 178 g/mol. The molecule has 1 rings (SSSR count). The maximum Gasteiger partial charge on any atom is 0.328 e. The van der Waals surface area contributed by atoms with Crippen molar-refractivity contribution in [1.82, 2.24) is 0 Å². The molecule has 0 aliphatic heterocycles. The highest BCUT2D eigenvalue weighted by Crippen LogP contribution is 1.98. The number of rotatable bonds is 4. The van der Waals surface area contributed by atoms with E-state index in [0.717, 1.165) is 5.56 Å². The Labute approximate surface area is 83.1 Å². The Morgan fingerprint density at radius 2 is 2.14 bits per heavy atom. The van der Waals surface area contributed by atoms with Crippen LogP contribution in [0.2, 0.25) is 0 Å². The van der Waals surface area contributed by atoms with Gasteiger partial charge in [0.1, 0.15) is 6.04 Å². The minimum Gasteiger partial charge on any atom is -0.480 e. The molecule has 0 saturated heterocycles. The zero-order chi connectivity index (χ0) is 10.4. The van der Waals surface area contributed by atoms with E-state index in [1.807, 2.05) is 30.3 Å². The van der Waals surface area contributed by atoms with Gasteiger partial charge in [-0.15, -0.1) is 0 Å². The Bertz CT molecular complexity index is 319. The third-order valence-corrected chi connectivity index (χ3v) is 1.86. The molecule has 1 unspecified atom stereocenters. The van der Waals surface area contributed by atoms with Gasteiger partial charge in [-0.05, 0) is 12.5 Å². The molecule has 0 radical (unpaired) electrons. The van der Waals surface area contributed by atoms with Crippen LogP contribution in [-0.4, -0.2) is 23.3 Å². The molecule has 0 amide bonds. The van der Waals surface area contributed by atoms with Crippen molar-refractivity contribution in [3.63, 3.8) is 0 Å². The Morgan fingerprint density at radius 3 is 2.71 bits per heavy atom. The summed E-state index contributed by atoms with van der Waals surface area (Å²) in [6.07, 6.45) is 2.33. The number of benzene rings is 1.